The normalized spacial score (nSPS) is 12.4. The predicted octanol–water partition coefficient (Wildman–Crippen LogP) is -1.78. The summed E-state index contributed by atoms with van der Waals surface area (Å²) in [7, 11) is -4.64. The topological polar surface area (TPSA) is 162 Å². The van der Waals surface area contributed by atoms with Gasteiger partial charge in [-0.25, -0.2) is 4.57 Å². The average molecular weight is 233 g/mol. The zero-order valence-corrected chi connectivity index (χ0v) is 8.43. The summed E-state index contributed by atoms with van der Waals surface area (Å²) in [6.07, 6.45) is 0. The van der Waals surface area contributed by atoms with Gasteiger partial charge in [0.05, 0.1) is 31.8 Å². The first kappa shape index (κ1) is 16.4. The molecule has 0 aliphatic rings. The Kier molecular flexibility index (Phi) is 7.53. The molecule has 0 rings (SSSR count). The summed E-state index contributed by atoms with van der Waals surface area (Å²) in [6.45, 7) is -2.49. The third-order valence-electron chi connectivity index (χ3n) is 1.55. The van der Waals surface area contributed by atoms with Gasteiger partial charge in [0, 0.05) is 0 Å². The molecule has 0 saturated carbocycles. The molecule has 0 saturated heterocycles. The largest absolute Gasteiger partial charge is 0.469 e. The molecule has 0 atom stereocenters. The molecule has 8 nitrogen and oxygen atoms in total. The maximum atomic E-state index is 10.3. The molecule has 0 radical (unpaired) electrons. The van der Waals surface area contributed by atoms with E-state index in [9.17, 15) is 4.57 Å². The summed E-state index contributed by atoms with van der Waals surface area (Å²) < 4.78 is 14.3. The molecule has 9 heteroatoms. The van der Waals surface area contributed by atoms with Crippen molar-refractivity contribution in [1.82, 2.24) is 6.15 Å². The van der Waals surface area contributed by atoms with Crippen LogP contribution in [0.2, 0.25) is 0 Å². The van der Waals surface area contributed by atoms with Crippen LogP contribution in [0.3, 0.4) is 0 Å². The lowest BCUT2D eigenvalue weighted by atomic mass is 9.93. The third-order valence-corrected chi connectivity index (χ3v) is 2.01. The van der Waals surface area contributed by atoms with Crippen LogP contribution in [0.15, 0.2) is 0 Å². The average Bonchev–Trinajstić information content (AvgIpc) is 2.06. The smallest absolute Gasteiger partial charge is 0.396 e. The molecule has 0 aromatic carbocycles. The van der Waals surface area contributed by atoms with E-state index in [0.29, 0.717) is 0 Å². The number of phosphoric acid groups is 1. The van der Waals surface area contributed by atoms with Gasteiger partial charge in [0.2, 0.25) is 0 Å². The Hall–Kier alpha value is -0.0500. The van der Waals surface area contributed by atoms with E-state index < -0.39 is 39.7 Å². The molecule has 0 aliphatic carbocycles. The highest BCUT2D eigenvalue weighted by Gasteiger charge is 2.31. The van der Waals surface area contributed by atoms with Crippen LogP contribution < -0.4 is 6.15 Å². The van der Waals surface area contributed by atoms with Gasteiger partial charge in [-0.15, -0.1) is 0 Å². The van der Waals surface area contributed by atoms with Crippen LogP contribution in [-0.2, 0) is 9.09 Å². The van der Waals surface area contributed by atoms with Gasteiger partial charge in [0.1, 0.15) is 0 Å². The van der Waals surface area contributed by atoms with Crippen molar-refractivity contribution in [2.75, 3.05) is 26.4 Å². The highest BCUT2D eigenvalue weighted by Crippen LogP contribution is 2.37. The second kappa shape index (κ2) is 6.44. The van der Waals surface area contributed by atoms with Gasteiger partial charge in [-0.1, -0.05) is 0 Å². The summed E-state index contributed by atoms with van der Waals surface area (Å²) in [4.78, 5) is 16.6. The fourth-order valence-electron chi connectivity index (χ4n) is 0.508. The van der Waals surface area contributed by atoms with Crippen LogP contribution in [-0.4, -0.2) is 51.5 Å². The van der Waals surface area contributed by atoms with Crippen LogP contribution >= 0.6 is 7.82 Å². The van der Waals surface area contributed by atoms with Gasteiger partial charge in [0.25, 0.3) is 0 Å². The van der Waals surface area contributed by atoms with Crippen LogP contribution in [0.1, 0.15) is 0 Å². The van der Waals surface area contributed by atoms with E-state index in [0.717, 1.165) is 0 Å². The lowest BCUT2D eigenvalue weighted by molar-refractivity contribution is -0.0318. The van der Waals surface area contributed by atoms with Crippen molar-refractivity contribution in [1.29, 1.82) is 0 Å². The van der Waals surface area contributed by atoms with E-state index >= 15 is 0 Å². The Morgan fingerprint density at radius 2 is 1.43 bits per heavy atom. The summed E-state index contributed by atoms with van der Waals surface area (Å²) >= 11 is 0. The first-order valence-corrected chi connectivity index (χ1v) is 4.95. The van der Waals surface area contributed by atoms with Crippen LogP contribution in [0.4, 0.5) is 0 Å². The number of hydrogen-bond donors (Lipinski definition) is 6. The quantitative estimate of drug-likeness (QED) is 0.293. The van der Waals surface area contributed by atoms with E-state index in [1.165, 1.54) is 0 Å². The lowest BCUT2D eigenvalue weighted by Crippen LogP contribution is -2.38. The van der Waals surface area contributed by atoms with E-state index in [1.54, 1.807) is 0 Å². The number of aliphatic hydroxyl groups is 3. The highest BCUT2D eigenvalue weighted by atomic mass is 31.2. The molecule has 0 bridgehead atoms. The van der Waals surface area contributed by atoms with Gasteiger partial charge < -0.3 is 31.3 Å². The Morgan fingerprint density at radius 3 is 1.64 bits per heavy atom. The Balaban J connectivity index is 0. The van der Waals surface area contributed by atoms with Gasteiger partial charge in [-0.3, -0.25) is 4.52 Å². The minimum Gasteiger partial charge on any atom is -0.396 e. The summed E-state index contributed by atoms with van der Waals surface area (Å²) in [5, 5.41) is 26.2. The van der Waals surface area contributed by atoms with E-state index in [-0.39, 0.29) is 6.15 Å². The Labute approximate surface area is 81.0 Å². The fourth-order valence-corrected chi connectivity index (χ4v) is 0.950. The second-order valence-electron chi connectivity index (χ2n) is 2.74. The van der Waals surface area contributed by atoms with Gasteiger partial charge in [-0.05, 0) is 0 Å². The highest BCUT2D eigenvalue weighted by molar-refractivity contribution is 7.46. The minimum absolute atomic E-state index is 0. The van der Waals surface area contributed by atoms with Gasteiger partial charge in [-0.2, -0.15) is 0 Å². The van der Waals surface area contributed by atoms with Crippen molar-refractivity contribution >= 4 is 7.82 Å². The monoisotopic (exact) mass is 233 g/mol. The molecule has 0 fully saturated rings. The van der Waals surface area contributed by atoms with Gasteiger partial charge in [0.15, 0.2) is 0 Å². The van der Waals surface area contributed by atoms with Crippen molar-refractivity contribution in [2.24, 2.45) is 5.41 Å². The molecule has 0 amide bonds. The minimum atomic E-state index is -4.64. The molecule has 0 unspecified atom stereocenters. The molecule has 8 N–H and O–H groups in total. The summed E-state index contributed by atoms with van der Waals surface area (Å²) in [6, 6.07) is 0. The Bertz CT molecular complexity index is 180. The van der Waals surface area contributed by atoms with Crippen molar-refractivity contribution in [3.8, 4) is 0 Å². The zero-order valence-electron chi connectivity index (χ0n) is 7.54. The first-order chi connectivity index (χ1) is 5.89. The number of hydrogen-bond acceptors (Lipinski definition) is 6. The standard InChI is InChI=1S/C5H13O7P.H3N/c6-1-5(2-7,3-8)4-12-13(9,10)11;/h6-8H,1-4H2,(H2,9,10,11);1H3. The molecule has 0 spiro atoms. The van der Waals surface area contributed by atoms with Crippen LogP contribution in [0, 0.1) is 5.41 Å². The number of rotatable bonds is 6. The molecule has 0 aromatic heterocycles. The maximum Gasteiger partial charge on any atom is 0.469 e. The van der Waals surface area contributed by atoms with E-state index in [1.807, 2.05) is 0 Å². The lowest BCUT2D eigenvalue weighted by Gasteiger charge is -2.26. The van der Waals surface area contributed by atoms with E-state index in [2.05, 4.69) is 4.52 Å². The fraction of sp³-hybridized carbons (Fsp3) is 1.00. The Morgan fingerprint density at radius 1 is 1.07 bits per heavy atom. The summed E-state index contributed by atoms with van der Waals surface area (Å²) in [5.41, 5.74) is -1.42. The maximum absolute atomic E-state index is 10.3. The number of phosphoric ester groups is 1. The molecule has 14 heavy (non-hydrogen) atoms. The molecule has 0 aromatic rings. The number of aliphatic hydroxyl groups excluding tert-OH is 3. The summed E-state index contributed by atoms with van der Waals surface area (Å²) in [5.74, 6) is 0. The van der Waals surface area contributed by atoms with Crippen LogP contribution in [0.25, 0.3) is 0 Å². The van der Waals surface area contributed by atoms with E-state index in [4.69, 9.17) is 25.1 Å². The predicted molar refractivity (Wildman–Crippen MR) is 46.7 cm³/mol. The zero-order chi connectivity index (χ0) is 10.5. The first-order valence-electron chi connectivity index (χ1n) is 3.42. The van der Waals surface area contributed by atoms with Crippen LogP contribution in [0.5, 0.6) is 0 Å². The molecule has 0 heterocycles. The second-order valence-corrected chi connectivity index (χ2v) is 3.98. The van der Waals surface area contributed by atoms with Crippen molar-refractivity contribution in [3.63, 3.8) is 0 Å². The van der Waals surface area contributed by atoms with Crippen molar-refractivity contribution in [2.45, 2.75) is 0 Å². The molecular formula is C5H16NO7P. The molecular weight excluding hydrogens is 217 g/mol. The third kappa shape index (κ3) is 5.63. The molecule has 88 valence electrons. The van der Waals surface area contributed by atoms with Gasteiger partial charge >= 0.3 is 7.82 Å². The van der Waals surface area contributed by atoms with Crippen molar-refractivity contribution in [3.05, 3.63) is 0 Å². The SMILES string of the molecule is N.O=P(O)(O)OCC(CO)(CO)CO. The molecule has 0 aliphatic heterocycles. The van der Waals surface area contributed by atoms with Crippen molar-refractivity contribution < 1.29 is 34.2 Å².